The van der Waals surface area contributed by atoms with E-state index >= 15 is 0 Å². The molecule has 0 aliphatic carbocycles. The standard InChI is InChI=1S/C13H10BrN5OS/c1-7-12(20)19(13(21)18-17-7)16-6-8-5-15-11-3-2-9(14)4-10(8)11/h2-6,15H,1H3,(H,18,21)/b16-6+. The number of fused-ring (bicyclic) bond motifs is 1. The van der Waals surface area contributed by atoms with Crippen LogP contribution in [-0.2, 0) is 0 Å². The quantitative estimate of drug-likeness (QED) is 0.542. The fourth-order valence-corrected chi connectivity index (χ4v) is 2.46. The molecule has 0 fully saturated rings. The molecule has 0 aliphatic rings. The lowest BCUT2D eigenvalue weighted by Crippen LogP contribution is -2.22. The van der Waals surface area contributed by atoms with Gasteiger partial charge in [-0.2, -0.15) is 14.9 Å². The van der Waals surface area contributed by atoms with Crippen LogP contribution in [0.4, 0.5) is 0 Å². The van der Waals surface area contributed by atoms with Crippen LogP contribution in [0.25, 0.3) is 10.9 Å². The number of benzene rings is 1. The fourth-order valence-electron chi connectivity index (χ4n) is 1.92. The van der Waals surface area contributed by atoms with E-state index < -0.39 is 0 Å². The molecule has 2 N–H and O–H groups in total. The lowest BCUT2D eigenvalue weighted by molar-refractivity contribution is 0.720. The summed E-state index contributed by atoms with van der Waals surface area (Å²) in [5.74, 6) is 0. The number of hydrogen-bond acceptors (Lipinski definition) is 4. The van der Waals surface area contributed by atoms with Crippen molar-refractivity contribution < 1.29 is 0 Å². The molecule has 3 rings (SSSR count). The predicted molar refractivity (Wildman–Crippen MR) is 87.4 cm³/mol. The first-order valence-corrected chi connectivity index (χ1v) is 7.26. The Hall–Kier alpha value is -2.06. The number of H-pyrrole nitrogens is 2. The maximum atomic E-state index is 12.0. The van der Waals surface area contributed by atoms with Crippen LogP contribution in [0.15, 0.2) is 38.8 Å². The monoisotopic (exact) mass is 363 g/mol. The minimum absolute atomic E-state index is 0.155. The highest BCUT2D eigenvalue weighted by atomic mass is 79.9. The highest BCUT2D eigenvalue weighted by molar-refractivity contribution is 9.10. The molecule has 3 aromatic rings. The number of rotatable bonds is 2. The Balaban J connectivity index is 2.11. The summed E-state index contributed by atoms with van der Waals surface area (Å²) in [7, 11) is 0. The summed E-state index contributed by atoms with van der Waals surface area (Å²) < 4.78 is 2.25. The van der Waals surface area contributed by atoms with Crippen LogP contribution in [0.1, 0.15) is 11.3 Å². The molecule has 0 unspecified atom stereocenters. The van der Waals surface area contributed by atoms with E-state index in [-0.39, 0.29) is 10.3 Å². The second kappa shape index (κ2) is 5.38. The average Bonchev–Trinajstić information content (AvgIpc) is 2.85. The van der Waals surface area contributed by atoms with Crippen molar-refractivity contribution in [1.29, 1.82) is 0 Å². The highest BCUT2D eigenvalue weighted by Crippen LogP contribution is 2.21. The molecule has 1 aromatic carbocycles. The SMILES string of the molecule is Cc1n[nH]c(=S)n(/N=C/c2c[nH]c3ccc(Br)cc23)c1=O. The van der Waals surface area contributed by atoms with Gasteiger partial charge in [0.1, 0.15) is 5.69 Å². The Morgan fingerprint density at radius 3 is 3.10 bits per heavy atom. The summed E-state index contributed by atoms with van der Waals surface area (Å²) >= 11 is 8.46. The van der Waals surface area contributed by atoms with E-state index in [9.17, 15) is 4.79 Å². The van der Waals surface area contributed by atoms with E-state index in [1.165, 1.54) is 0 Å². The molecule has 8 heteroatoms. The number of halogens is 1. The van der Waals surface area contributed by atoms with E-state index in [1.54, 1.807) is 13.1 Å². The zero-order valence-electron chi connectivity index (χ0n) is 10.9. The van der Waals surface area contributed by atoms with Gasteiger partial charge in [0.15, 0.2) is 0 Å². The van der Waals surface area contributed by atoms with E-state index in [0.29, 0.717) is 5.69 Å². The van der Waals surface area contributed by atoms with Gasteiger partial charge in [-0.1, -0.05) is 15.9 Å². The van der Waals surface area contributed by atoms with Crippen LogP contribution < -0.4 is 5.56 Å². The minimum Gasteiger partial charge on any atom is -0.361 e. The van der Waals surface area contributed by atoms with Crippen molar-refractivity contribution in [3.63, 3.8) is 0 Å². The van der Waals surface area contributed by atoms with Crippen molar-refractivity contribution >= 4 is 45.3 Å². The third-order valence-corrected chi connectivity index (χ3v) is 3.76. The molecule has 2 heterocycles. The molecule has 0 saturated carbocycles. The number of nitrogens with zero attached hydrogens (tertiary/aromatic N) is 3. The third-order valence-electron chi connectivity index (χ3n) is 3.00. The van der Waals surface area contributed by atoms with Crippen LogP contribution in [0, 0.1) is 11.7 Å². The normalized spacial score (nSPS) is 11.5. The molecule has 6 nitrogen and oxygen atoms in total. The van der Waals surface area contributed by atoms with Gasteiger partial charge in [0.05, 0.1) is 6.21 Å². The molecular weight excluding hydrogens is 354 g/mol. The van der Waals surface area contributed by atoms with Crippen LogP contribution in [0.2, 0.25) is 0 Å². The van der Waals surface area contributed by atoms with Gasteiger partial charge in [-0.25, -0.2) is 0 Å². The van der Waals surface area contributed by atoms with Gasteiger partial charge in [0.2, 0.25) is 4.77 Å². The molecule has 0 bridgehead atoms. The smallest absolute Gasteiger partial charge is 0.296 e. The number of hydrogen-bond donors (Lipinski definition) is 2. The lowest BCUT2D eigenvalue weighted by Gasteiger charge is -1.98. The summed E-state index contributed by atoms with van der Waals surface area (Å²) in [5, 5.41) is 11.5. The molecule has 0 aliphatic heterocycles. The molecule has 0 spiro atoms. The molecule has 21 heavy (non-hydrogen) atoms. The Morgan fingerprint density at radius 2 is 2.29 bits per heavy atom. The second-order valence-corrected chi connectivity index (χ2v) is 5.71. The zero-order chi connectivity index (χ0) is 15.0. The lowest BCUT2D eigenvalue weighted by atomic mass is 10.2. The number of nitrogens with one attached hydrogen (secondary N) is 2. The number of aryl methyl sites for hydroxylation is 1. The van der Waals surface area contributed by atoms with Crippen LogP contribution >= 0.6 is 28.1 Å². The predicted octanol–water partition coefficient (Wildman–Crippen LogP) is 2.74. The molecule has 2 aromatic heterocycles. The van der Waals surface area contributed by atoms with Gasteiger partial charge in [0, 0.05) is 27.1 Å². The molecule has 0 amide bonds. The first-order valence-electron chi connectivity index (χ1n) is 6.05. The largest absolute Gasteiger partial charge is 0.361 e. The first-order chi connectivity index (χ1) is 10.1. The average molecular weight is 364 g/mol. The van der Waals surface area contributed by atoms with Crippen molar-refractivity contribution in [2.24, 2.45) is 5.10 Å². The van der Waals surface area contributed by atoms with E-state index in [1.807, 2.05) is 24.4 Å². The molecular formula is C13H10BrN5OS. The first kappa shape index (κ1) is 13.9. The van der Waals surface area contributed by atoms with Gasteiger partial charge >= 0.3 is 0 Å². The maximum Gasteiger partial charge on any atom is 0.296 e. The zero-order valence-corrected chi connectivity index (χ0v) is 13.3. The highest BCUT2D eigenvalue weighted by Gasteiger charge is 2.04. The van der Waals surface area contributed by atoms with Crippen LogP contribution in [0.3, 0.4) is 0 Å². The van der Waals surface area contributed by atoms with E-state index in [0.717, 1.165) is 25.6 Å². The Kier molecular flexibility index (Phi) is 3.56. The van der Waals surface area contributed by atoms with Crippen molar-refractivity contribution in [3.8, 4) is 0 Å². The summed E-state index contributed by atoms with van der Waals surface area (Å²) in [6.45, 7) is 1.60. The van der Waals surface area contributed by atoms with Gasteiger partial charge in [-0.3, -0.25) is 9.89 Å². The Labute approximate surface area is 132 Å². The van der Waals surface area contributed by atoms with Gasteiger partial charge < -0.3 is 4.98 Å². The Bertz CT molecular complexity index is 969. The van der Waals surface area contributed by atoms with Crippen molar-refractivity contribution in [2.45, 2.75) is 6.92 Å². The molecule has 0 atom stereocenters. The summed E-state index contributed by atoms with van der Waals surface area (Å²) in [4.78, 5) is 15.1. The molecule has 0 radical (unpaired) electrons. The van der Waals surface area contributed by atoms with Crippen molar-refractivity contribution in [3.05, 3.63) is 55.3 Å². The summed E-state index contributed by atoms with van der Waals surface area (Å²) in [6, 6.07) is 5.90. The molecule has 0 saturated heterocycles. The van der Waals surface area contributed by atoms with E-state index in [4.69, 9.17) is 12.2 Å². The molecule has 106 valence electrons. The summed E-state index contributed by atoms with van der Waals surface area (Å²) in [6.07, 6.45) is 3.42. The second-order valence-electron chi connectivity index (χ2n) is 4.41. The van der Waals surface area contributed by atoms with Crippen molar-refractivity contribution in [2.75, 3.05) is 0 Å². The van der Waals surface area contributed by atoms with Crippen LogP contribution in [-0.4, -0.2) is 26.1 Å². The minimum atomic E-state index is -0.337. The number of aromatic nitrogens is 4. The topological polar surface area (TPSA) is 78.8 Å². The Morgan fingerprint density at radius 1 is 1.48 bits per heavy atom. The maximum absolute atomic E-state index is 12.0. The van der Waals surface area contributed by atoms with Gasteiger partial charge in [0.25, 0.3) is 5.56 Å². The third kappa shape index (κ3) is 2.59. The van der Waals surface area contributed by atoms with Crippen molar-refractivity contribution in [1.82, 2.24) is 19.9 Å². The number of aromatic amines is 2. The van der Waals surface area contributed by atoms with Gasteiger partial charge in [-0.15, -0.1) is 0 Å². The van der Waals surface area contributed by atoms with Gasteiger partial charge in [-0.05, 0) is 37.3 Å². The summed E-state index contributed by atoms with van der Waals surface area (Å²) in [5.41, 5.74) is 1.82. The van der Waals surface area contributed by atoms with Crippen LogP contribution in [0.5, 0.6) is 0 Å². The van der Waals surface area contributed by atoms with E-state index in [2.05, 4.69) is 36.2 Å². The fraction of sp³-hybridized carbons (Fsp3) is 0.0769.